The first kappa shape index (κ1) is 22.5. The minimum absolute atomic E-state index is 0.197. The van der Waals surface area contributed by atoms with Gasteiger partial charge in [0.15, 0.2) is 0 Å². The van der Waals surface area contributed by atoms with Crippen LogP contribution in [0.2, 0.25) is 0 Å². The molecule has 3 heterocycles. The lowest BCUT2D eigenvalue weighted by atomic mass is 9.94. The highest BCUT2D eigenvalue weighted by atomic mass is 32.2. The van der Waals surface area contributed by atoms with Gasteiger partial charge in [-0.05, 0) is 59.9 Å². The topological polar surface area (TPSA) is 69.7 Å². The van der Waals surface area contributed by atoms with E-state index in [2.05, 4.69) is 35.5 Å². The van der Waals surface area contributed by atoms with Crippen molar-refractivity contribution in [2.24, 2.45) is 11.8 Å². The van der Waals surface area contributed by atoms with Crippen molar-refractivity contribution in [2.75, 3.05) is 32.7 Å². The smallest absolute Gasteiger partial charge is 0.251 e. The molecule has 2 atom stereocenters. The van der Waals surface area contributed by atoms with E-state index >= 15 is 0 Å². The summed E-state index contributed by atoms with van der Waals surface area (Å²) in [5.41, 5.74) is 1.78. The number of hydrogen-bond donors (Lipinski definition) is 1. The quantitative estimate of drug-likeness (QED) is 0.717. The summed E-state index contributed by atoms with van der Waals surface area (Å²) >= 11 is 1.82. The molecule has 1 fully saturated rings. The molecule has 0 radical (unpaired) electrons. The number of carbonyl (C=O) groups is 1. The van der Waals surface area contributed by atoms with Crippen molar-refractivity contribution in [3.8, 4) is 0 Å². The molecule has 2 unspecified atom stereocenters. The summed E-state index contributed by atoms with van der Waals surface area (Å²) in [6.07, 6.45) is 2.10. The van der Waals surface area contributed by atoms with E-state index in [0.717, 1.165) is 32.5 Å². The highest BCUT2D eigenvalue weighted by molar-refractivity contribution is 7.89. The minimum atomic E-state index is -3.60. The van der Waals surface area contributed by atoms with Gasteiger partial charge in [0.2, 0.25) is 10.0 Å². The molecule has 31 heavy (non-hydrogen) atoms. The Morgan fingerprint density at radius 2 is 1.97 bits per heavy atom. The number of benzene rings is 1. The van der Waals surface area contributed by atoms with Gasteiger partial charge in [0.1, 0.15) is 0 Å². The predicted octanol–water partition coefficient (Wildman–Crippen LogP) is 3.20. The van der Waals surface area contributed by atoms with E-state index in [9.17, 15) is 13.2 Å². The van der Waals surface area contributed by atoms with Crippen molar-refractivity contribution in [2.45, 2.75) is 38.1 Å². The largest absolute Gasteiger partial charge is 0.351 e. The maximum Gasteiger partial charge on any atom is 0.251 e. The van der Waals surface area contributed by atoms with Gasteiger partial charge in [0.25, 0.3) is 5.91 Å². The summed E-state index contributed by atoms with van der Waals surface area (Å²) in [6.45, 7) is 8.49. The maximum atomic E-state index is 13.1. The van der Waals surface area contributed by atoms with Crippen molar-refractivity contribution in [1.29, 1.82) is 0 Å². The van der Waals surface area contributed by atoms with Crippen molar-refractivity contribution in [3.63, 3.8) is 0 Å². The predicted molar refractivity (Wildman–Crippen MR) is 124 cm³/mol. The lowest BCUT2D eigenvalue weighted by molar-refractivity contribution is 0.0947. The number of rotatable bonds is 6. The van der Waals surface area contributed by atoms with E-state index in [1.165, 1.54) is 16.5 Å². The molecule has 0 saturated carbocycles. The van der Waals surface area contributed by atoms with E-state index in [0.29, 0.717) is 37.0 Å². The Morgan fingerprint density at radius 1 is 1.19 bits per heavy atom. The van der Waals surface area contributed by atoms with Gasteiger partial charge in [0, 0.05) is 49.7 Å². The molecule has 1 N–H and O–H groups in total. The Morgan fingerprint density at radius 3 is 2.74 bits per heavy atom. The van der Waals surface area contributed by atoms with Gasteiger partial charge >= 0.3 is 0 Å². The van der Waals surface area contributed by atoms with Crippen LogP contribution in [0.25, 0.3) is 0 Å². The molecule has 1 saturated heterocycles. The maximum absolute atomic E-state index is 13.1. The Labute approximate surface area is 189 Å². The van der Waals surface area contributed by atoms with Gasteiger partial charge in [-0.25, -0.2) is 8.42 Å². The Balaban J connectivity index is 1.36. The second-order valence-electron chi connectivity index (χ2n) is 8.95. The lowest BCUT2D eigenvalue weighted by Crippen LogP contribution is -2.42. The second kappa shape index (κ2) is 9.40. The summed E-state index contributed by atoms with van der Waals surface area (Å²) in [4.78, 5) is 16.7. The second-order valence-corrected chi connectivity index (χ2v) is 11.9. The summed E-state index contributed by atoms with van der Waals surface area (Å²) in [6, 6.07) is 8.60. The van der Waals surface area contributed by atoms with Gasteiger partial charge in [-0.2, -0.15) is 4.31 Å². The van der Waals surface area contributed by atoms with Gasteiger partial charge in [-0.1, -0.05) is 19.9 Å². The average molecular weight is 462 g/mol. The zero-order valence-corrected chi connectivity index (χ0v) is 19.8. The van der Waals surface area contributed by atoms with Crippen molar-refractivity contribution in [3.05, 3.63) is 51.7 Å². The number of nitrogens with zero attached hydrogens (tertiary/aromatic N) is 2. The molecule has 6 nitrogen and oxygen atoms in total. The SMILES string of the molecule is CC1CC(C)CN(S(=O)(=O)c2cccc(C(=O)NCCN3CCc4sccc4C3)c2)C1. The van der Waals surface area contributed by atoms with Crippen LogP contribution in [0.3, 0.4) is 0 Å². The molecule has 8 heteroatoms. The molecule has 4 rings (SSSR count). The van der Waals surface area contributed by atoms with Crippen LogP contribution in [-0.2, 0) is 23.0 Å². The van der Waals surface area contributed by atoms with E-state index in [4.69, 9.17) is 0 Å². The fourth-order valence-corrected chi connectivity index (χ4v) is 7.29. The lowest BCUT2D eigenvalue weighted by Gasteiger charge is -2.34. The third-order valence-corrected chi connectivity index (χ3v) is 9.02. The van der Waals surface area contributed by atoms with Crippen LogP contribution in [-0.4, -0.2) is 56.3 Å². The van der Waals surface area contributed by atoms with E-state index < -0.39 is 10.0 Å². The Kier molecular flexibility index (Phi) is 6.81. The van der Waals surface area contributed by atoms with E-state index in [1.807, 2.05) is 11.3 Å². The Bertz CT molecular complexity index is 1020. The third-order valence-electron chi connectivity index (χ3n) is 6.17. The molecule has 0 aliphatic carbocycles. The standard InChI is InChI=1S/C23H31N3O3S2/c1-17-12-18(2)15-26(14-17)31(28,29)21-5-3-4-19(13-21)23(27)24-8-10-25-9-6-22-20(16-25)7-11-30-22/h3-5,7,11,13,17-18H,6,8-10,12,14-16H2,1-2H3,(H,24,27). The molecule has 168 valence electrons. The number of sulfonamides is 1. The zero-order chi connectivity index (χ0) is 22.0. The van der Waals surface area contributed by atoms with Crippen LogP contribution < -0.4 is 5.32 Å². The van der Waals surface area contributed by atoms with Gasteiger partial charge < -0.3 is 5.32 Å². The minimum Gasteiger partial charge on any atom is -0.351 e. The summed E-state index contributed by atoms with van der Waals surface area (Å²) in [5.74, 6) is 0.445. The first-order valence-electron chi connectivity index (χ1n) is 11.0. The molecule has 1 amide bonds. The zero-order valence-electron chi connectivity index (χ0n) is 18.2. The molecule has 1 aromatic heterocycles. The van der Waals surface area contributed by atoms with Crippen LogP contribution in [0.4, 0.5) is 0 Å². The Hall–Kier alpha value is -1.74. The summed E-state index contributed by atoms with van der Waals surface area (Å²) < 4.78 is 27.8. The molecule has 2 aliphatic rings. The van der Waals surface area contributed by atoms with Crippen LogP contribution >= 0.6 is 11.3 Å². The van der Waals surface area contributed by atoms with Crippen LogP contribution in [0.15, 0.2) is 40.6 Å². The highest BCUT2D eigenvalue weighted by Crippen LogP contribution is 2.27. The normalized spacial score (nSPS) is 22.8. The molecular formula is C23H31N3O3S2. The summed E-state index contributed by atoms with van der Waals surface area (Å²) in [7, 11) is -3.60. The van der Waals surface area contributed by atoms with E-state index in [1.54, 1.807) is 22.5 Å². The highest BCUT2D eigenvalue weighted by Gasteiger charge is 2.32. The first-order valence-corrected chi connectivity index (χ1v) is 13.3. The van der Waals surface area contributed by atoms with Gasteiger partial charge in [-0.3, -0.25) is 9.69 Å². The third kappa shape index (κ3) is 5.19. The fraction of sp³-hybridized carbons (Fsp3) is 0.522. The van der Waals surface area contributed by atoms with Crippen molar-refractivity contribution >= 4 is 27.3 Å². The van der Waals surface area contributed by atoms with E-state index in [-0.39, 0.29) is 10.8 Å². The molecule has 1 aromatic carbocycles. The first-order chi connectivity index (χ1) is 14.8. The molecule has 0 bridgehead atoms. The van der Waals surface area contributed by atoms with Crippen LogP contribution in [0.5, 0.6) is 0 Å². The number of fused-ring (bicyclic) bond motifs is 1. The molecule has 0 spiro atoms. The summed E-state index contributed by atoms with van der Waals surface area (Å²) in [5, 5.41) is 5.09. The van der Waals surface area contributed by atoms with Crippen molar-refractivity contribution in [1.82, 2.24) is 14.5 Å². The van der Waals surface area contributed by atoms with Crippen molar-refractivity contribution < 1.29 is 13.2 Å². The number of carbonyl (C=O) groups excluding carboxylic acids is 1. The van der Waals surface area contributed by atoms with Crippen LogP contribution in [0.1, 0.15) is 41.1 Å². The molecular weight excluding hydrogens is 430 g/mol. The molecule has 2 aromatic rings. The van der Waals surface area contributed by atoms with Gasteiger partial charge in [0.05, 0.1) is 4.90 Å². The van der Waals surface area contributed by atoms with Crippen LogP contribution in [0, 0.1) is 11.8 Å². The van der Waals surface area contributed by atoms with Gasteiger partial charge in [-0.15, -0.1) is 11.3 Å². The number of hydrogen-bond acceptors (Lipinski definition) is 5. The number of piperidine rings is 1. The monoisotopic (exact) mass is 461 g/mol. The average Bonchev–Trinajstić information content (AvgIpc) is 3.21. The fourth-order valence-electron chi connectivity index (χ4n) is 4.68. The molecule has 2 aliphatic heterocycles. The number of thiophene rings is 1. The number of nitrogens with one attached hydrogen (secondary N) is 1. The number of amides is 1.